The van der Waals surface area contributed by atoms with Crippen LogP contribution < -0.4 is 10.1 Å². The molecule has 2 fully saturated rings. The fourth-order valence-corrected chi connectivity index (χ4v) is 3.19. The first-order valence-electron chi connectivity index (χ1n) is 8.69. The first-order valence-corrected chi connectivity index (χ1v) is 8.69. The Bertz CT molecular complexity index is 608. The number of piperazine rings is 1. The molecule has 0 bridgehead atoms. The molecule has 1 aromatic carbocycles. The van der Waals surface area contributed by atoms with Gasteiger partial charge in [0.2, 0.25) is 5.91 Å². The summed E-state index contributed by atoms with van der Waals surface area (Å²) in [5, 5.41) is 3.30. The van der Waals surface area contributed by atoms with Crippen molar-refractivity contribution in [1.29, 1.82) is 0 Å². The van der Waals surface area contributed by atoms with Gasteiger partial charge in [0.05, 0.1) is 20.3 Å². The smallest absolute Gasteiger partial charge is 0.254 e. The monoisotopic (exact) mass is 347 g/mol. The molecule has 0 spiro atoms. The molecule has 1 N–H and O–H groups in total. The van der Waals surface area contributed by atoms with Gasteiger partial charge < -0.3 is 24.6 Å². The van der Waals surface area contributed by atoms with Crippen LogP contribution in [0.5, 0.6) is 5.75 Å². The van der Waals surface area contributed by atoms with E-state index in [0.29, 0.717) is 57.1 Å². The van der Waals surface area contributed by atoms with Crippen LogP contribution in [0.4, 0.5) is 0 Å². The Balaban J connectivity index is 1.50. The molecule has 7 heteroatoms. The largest absolute Gasteiger partial charge is 0.497 e. The zero-order chi connectivity index (χ0) is 17.6. The number of methoxy groups -OCH3 is 1. The molecule has 0 unspecified atom stereocenters. The summed E-state index contributed by atoms with van der Waals surface area (Å²) < 4.78 is 10.6. The van der Waals surface area contributed by atoms with Crippen molar-refractivity contribution in [3.05, 3.63) is 29.8 Å². The number of ether oxygens (including phenoxy) is 2. The van der Waals surface area contributed by atoms with Gasteiger partial charge in [-0.2, -0.15) is 0 Å². The van der Waals surface area contributed by atoms with Crippen LogP contribution in [0.1, 0.15) is 16.8 Å². The fourth-order valence-electron chi connectivity index (χ4n) is 3.19. The summed E-state index contributed by atoms with van der Waals surface area (Å²) in [7, 11) is 1.58. The zero-order valence-electron chi connectivity index (χ0n) is 14.6. The summed E-state index contributed by atoms with van der Waals surface area (Å²) in [5.41, 5.74) is 0.614. The average molecular weight is 347 g/mol. The Morgan fingerprint density at radius 3 is 2.68 bits per heavy atom. The first kappa shape index (κ1) is 17.7. The van der Waals surface area contributed by atoms with Crippen LogP contribution in [0.25, 0.3) is 0 Å². The zero-order valence-corrected chi connectivity index (χ0v) is 14.6. The summed E-state index contributed by atoms with van der Waals surface area (Å²) in [6, 6.07) is 7.26. The molecule has 1 atom stereocenters. The number of carbonyl (C=O) groups excluding carboxylic acids is 2. The van der Waals surface area contributed by atoms with E-state index in [1.165, 1.54) is 0 Å². The van der Waals surface area contributed by atoms with Crippen LogP contribution in [0, 0.1) is 0 Å². The SMILES string of the molecule is COc1cccc(C(=O)N2CCN(C(=O)C[C@H]3COCCN3)CC2)c1. The Labute approximate surface area is 147 Å². The Morgan fingerprint density at radius 1 is 1.24 bits per heavy atom. The fraction of sp³-hybridized carbons (Fsp3) is 0.556. The standard InChI is InChI=1S/C18H25N3O4/c1-24-16-4-2-3-14(11-16)18(23)21-8-6-20(7-9-21)17(22)12-15-13-25-10-5-19-15/h2-4,11,15,19H,5-10,12-13H2,1H3/t15-/m0/s1. The minimum Gasteiger partial charge on any atom is -0.497 e. The van der Waals surface area contributed by atoms with Crippen molar-refractivity contribution < 1.29 is 19.1 Å². The number of benzene rings is 1. The average Bonchev–Trinajstić information content (AvgIpc) is 2.68. The number of carbonyl (C=O) groups is 2. The van der Waals surface area contributed by atoms with Gasteiger partial charge in [-0.3, -0.25) is 9.59 Å². The topological polar surface area (TPSA) is 71.1 Å². The molecule has 2 aliphatic heterocycles. The van der Waals surface area contributed by atoms with E-state index in [9.17, 15) is 9.59 Å². The van der Waals surface area contributed by atoms with Crippen LogP contribution in [-0.2, 0) is 9.53 Å². The van der Waals surface area contributed by atoms with Gasteiger partial charge >= 0.3 is 0 Å². The molecule has 2 amide bonds. The van der Waals surface area contributed by atoms with Gasteiger partial charge in [0.25, 0.3) is 5.91 Å². The van der Waals surface area contributed by atoms with Crippen molar-refractivity contribution in [3.8, 4) is 5.75 Å². The molecule has 0 aromatic heterocycles. The second-order valence-electron chi connectivity index (χ2n) is 6.34. The van der Waals surface area contributed by atoms with Gasteiger partial charge in [-0.1, -0.05) is 6.07 Å². The second-order valence-corrected chi connectivity index (χ2v) is 6.34. The van der Waals surface area contributed by atoms with E-state index < -0.39 is 0 Å². The first-order chi connectivity index (χ1) is 12.2. The van der Waals surface area contributed by atoms with Gasteiger partial charge in [0.1, 0.15) is 5.75 Å². The summed E-state index contributed by atoms with van der Waals surface area (Å²) in [4.78, 5) is 28.6. The summed E-state index contributed by atoms with van der Waals surface area (Å²) in [5.74, 6) is 0.770. The molecule has 2 aliphatic rings. The minimum absolute atomic E-state index is 0.0200. The van der Waals surface area contributed by atoms with Crippen molar-refractivity contribution in [3.63, 3.8) is 0 Å². The predicted octanol–water partition coefficient (Wildman–Crippen LogP) is 0.358. The maximum absolute atomic E-state index is 12.6. The van der Waals surface area contributed by atoms with Crippen LogP contribution in [-0.4, -0.2) is 80.7 Å². The van der Waals surface area contributed by atoms with Crippen LogP contribution in [0.2, 0.25) is 0 Å². The van der Waals surface area contributed by atoms with Crippen molar-refractivity contribution in [2.24, 2.45) is 0 Å². The molecule has 25 heavy (non-hydrogen) atoms. The lowest BCUT2D eigenvalue weighted by atomic mass is 10.1. The normalized spacial score (nSPS) is 21.1. The molecule has 2 saturated heterocycles. The lowest BCUT2D eigenvalue weighted by Crippen LogP contribution is -2.52. The van der Waals surface area contributed by atoms with Gasteiger partial charge in [-0.25, -0.2) is 0 Å². The van der Waals surface area contributed by atoms with Crippen molar-refractivity contribution in [1.82, 2.24) is 15.1 Å². The molecule has 0 aliphatic carbocycles. The highest BCUT2D eigenvalue weighted by atomic mass is 16.5. The molecular formula is C18H25N3O4. The van der Waals surface area contributed by atoms with E-state index in [-0.39, 0.29) is 17.9 Å². The molecule has 2 heterocycles. The van der Waals surface area contributed by atoms with E-state index >= 15 is 0 Å². The quantitative estimate of drug-likeness (QED) is 0.851. The number of rotatable bonds is 4. The van der Waals surface area contributed by atoms with E-state index in [0.717, 1.165) is 6.54 Å². The van der Waals surface area contributed by atoms with Crippen LogP contribution in [0.15, 0.2) is 24.3 Å². The molecule has 3 rings (SSSR count). The van der Waals surface area contributed by atoms with Crippen molar-refractivity contribution >= 4 is 11.8 Å². The Kier molecular flexibility index (Phi) is 5.88. The third kappa shape index (κ3) is 4.49. The van der Waals surface area contributed by atoms with E-state index in [4.69, 9.17) is 9.47 Å². The van der Waals surface area contributed by atoms with Gasteiger partial charge in [0, 0.05) is 50.7 Å². The Morgan fingerprint density at radius 2 is 2.00 bits per heavy atom. The summed E-state index contributed by atoms with van der Waals surface area (Å²) in [6.07, 6.45) is 0.448. The van der Waals surface area contributed by atoms with E-state index in [2.05, 4.69) is 5.32 Å². The Hall–Kier alpha value is -2.12. The van der Waals surface area contributed by atoms with Crippen LogP contribution in [0.3, 0.4) is 0 Å². The van der Waals surface area contributed by atoms with E-state index in [1.807, 2.05) is 17.0 Å². The molecule has 0 saturated carbocycles. The van der Waals surface area contributed by atoms with Crippen LogP contribution >= 0.6 is 0 Å². The highest BCUT2D eigenvalue weighted by molar-refractivity contribution is 5.94. The third-order valence-electron chi connectivity index (χ3n) is 4.66. The van der Waals surface area contributed by atoms with Gasteiger partial charge in [-0.05, 0) is 18.2 Å². The summed E-state index contributed by atoms with van der Waals surface area (Å²) >= 11 is 0. The lowest BCUT2D eigenvalue weighted by molar-refractivity contribution is -0.133. The number of nitrogens with one attached hydrogen (secondary N) is 1. The van der Waals surface area contributed by atoms with E-state index in [1.54, 1.807) is 24.1 Å². The molecule has 136 valence electrons. The molecule has 1 aromatic rings. The highest BCUT2D eigenvalue weighted by Crippen LogP contribution is 2.16. The lowest BCUT2D eigenvalue weighted by Gasteiger charge is -2.36. The summed E-state index contributed by atoms with van der Waals surface area (Å²) in [6.45, 7) is 4.33. The third-order valence-corrected chi connectivity index (χ3v) is 4.66. The number of morpholine rings is 1. The number of hydrogen-bond acceptors (Lipinski definition) is 5. The highest BCUT2D eigenvalue weighted by Gasteiger charge is 2.27. The van der Waals surface area contributed by atoms with Crippen molar-refractivity contribution in [2.75, 3.05) is 53.0 Å². The number of hydrogen-bond donors (Lipinski definition) is 1. The maximum atomic E-state index is 12.6. The second kappa shape index (κ2) is 8.31. The number of amides is 2. The van der Waals surface area contributed by atoms with Crippen molar-refractivity contribution in [2.45, 2.75) is 12.5 Å². The van der Waals surface area contributed by atoms with Gasteiger partial charge in [0.15, 0.2) is 0 Å². The predicted molar refractivity (Wildman–Crippen MR) is 92.7 cm³/mol. The maximum Gasteiger partial charge on any atom is 0.254 e. The molecule has 0 radical (unpaired) electrons. The molecule has 7 nitrogen and oxygen atoms in total. The molecular weight excluding hydrogens is 322 g/mol. The minimum atomic E-state index is -0.0200. The number of nitrogens with zero attached hydrogens (tertiary/aromatic N) is 2. The van der Waals surface area contributed by atoms with Gasteiger partial charge in [-0.15, -0.1) is 0 Å².